The van der Waals surface area contributed by atoms with Gasteiger partial charge in [-0.15, -0.1) is 0 Å². The Balaban J connectivity index is 2.34. The van der Waals surface area contributed by atoms with Crippen LogP contribution < -0.4 is 10.6 Å². The molecule has 2 rings (SSSR count). The fourth-order valence-electron chi connectivity index (χ4n) is 3.12. The number of nitrogens with two attached hydrogens (primary N) is 1. The average Bonchev–Trinajstić information content (AvgIpc) is 2.38. The summed E-state index contributed by atoms with van der Waals surface area (Å²) in [4.78, 5) is 13.9. The van der Waals surface area contributed by atoms with Crippen LogP contribution in [0, 0.1) is 5.92 Å². The smallest absolute Gasteiger partial charge is 0.159 e. The summed E-state index contributed by atoms with van der Waals surface area (Å²) in [6, 6.07) is 7.94. The fraction of sp³-hybridized carbons (Fsp3) is 0.562. The van der Waals surface area contributed by atoms with Gasteiger partial charge in [-0.2, -0.15) is 0 Å². The second-order valence-electron chi connectivity index (χ2n) is 5.99. The molecule has 0 amide bonds. The topological polar surface area (TPSA) is 46.3 Å². The van der Waals surface area contributed by atoms with Crippen LogP contribution in [0.25, 0.3) is 0 Å². The summed E-state index contributed by atoms with van der Waals surface area (Å²) in [5.74, 6) is 0.620. The molecule has 1 aromatic rings. The highest BCUT2D eigenvalue weighted by molar-refractivity contribution is 5.95. The summed E-state index contributed by atoms with van der Waals surface area (Å²) < 4.78 is 0. The number of Topliss-reactive ketones (excluding diaryl/α,β-unsaturated/α-hetero) is 1. The molecule has 0 saturated carbocycles. The van der Waals surface area contributed by atoms with E-state index in [9.17, 15) is 4.79 Å². The van der Waals surface area contributed by atoms with Gasteiger partial charge in [0.2, 0.25) is 0 Å². The van der Waals surface area contributed by atoms with Crippen molar-refractivity contribution in [1.29, 1.82) is 0 Å². The van der Waals surface area contributed by atoms with E-state index in [1.54, 1.807) is 6.92 Å². The van der Waals surface area contributed by atoms with Crippen molar-refractivity contribution in [3.8, 4) is 0 Å². The van der Waals surface area contributed by atoms with Crippen LogP contribution in [0.1, 0.15) is 44.0 Å². The van der Waals surface area contributed by atoms with Crippen molar-refractivity contribution in [2.75, 3.05) is 18.0 Å². The first-order valence-electron chi connectivity index (χ1n) is 7.05. The molecule has 0 bridgehead atoms. The number of hydrogen-bond donors (Lipinski definition) is 1. The molecule has 1 aromatic carbocycles. The maximum absolute atomic E-state index is 11.5. The van der Waals surface area contributed by atoms with Crippen molar-refractivity contribution in [2.45, 2.75) is 39.2 Å². The Bertz CT molecular complexity index is 468. The van der Waals surface area contributed by atoms with Crippen molar-refractivity contribution < 1.29 is 4.79 Å². The minimum absolute atomic E-state index is 0.0441. The van der Waals surface area contributed by atoms with E-state index in [2.05, 4.69) is 24.8 Å². The minimum atomic E-state index is 0.0441. The van der Waals surface area contributed by atoms with Gasteiger partial charge in [-0.1, -0.05) is 12.1 Å². The highest BCUT2D eigenvalue weighted by Crippen LogP contribution is 2.36. The van der Waals surface area contributed by atoms with Gasteiger partial charge in [0, 0.05) is 23.3 Å². The molecule has 1 saturated heterocycles. The van der Waals surface area contributed by atoms with Gasteiger partial charge in [-0.3, -0.25) is 4.79 Å². The van der Waals surface area contributed by atoms with Gasteiger partial charge in [0.15, 0.2) is 5.78 Å². The number of rotatable bonds is 3. The van der Waals surface area contributed by atoms with Gasteiger partial charge in [-0.05, 0) is 58.2 Å². The first kappa shape index (κ1) is 14.1. The third-order valence-electron chi connectivity index (χ3n) is 4.48. The molecule has 2 N–H and O–H groups in total. The Morgan fingerprint density at radius 1 is 1.47 bits per heavy atom. The molecule has 19 heavy (non-hydrogen) atoms. The van der Waals surface area contributed by atoms with E-state index >= 15 is 0 Å². The van der Waals surface area contributed by atoms with Gasteiger partial charge in [-0.25, -0.2) is 0 Å². The summed E-state index contributed by atoms with van der Waals surface area (Å²) in [5, 5.41) is 0. The highest BCUT2D eigenvalue weighted by atomic mass is 16.1. The highest BCUT2D eigenvalue weighted by Gasteiger charge is 2.37. The van der Waals surface area contributed by atoms with E-state index < -0.39 is 0 Å². The zero-order valence-corrected chi connectivity index (χ0v) is 12.1. The van der Waals surface area contributed by atoms with Crippen LogP contribution in [0.3, 0.4) is 0 Å². The molecule has 0 spiro atoms. The number of piperidine rings is 1. The number of anilines is 1. The van der Waals surface area contributed by atoms with Crippen LogP contribution in [0.2, 0.25) is 0 Å². The van der Waals surface area contributed by atoms with Gasteiger partial charge in [0.05, 0.1) is 0 Å². The third kappa shape index (κ3) is 2.66. The standard InChI is InChI=1S/C16H24N2O/c1-12(19)13-6-4-8-15(10-13)18-9-5-7-14(11-17)16(18,2)3/h4,6,8,10,14H,5,7,9,11,17H2,1-3H3. The third-order valence-corrected chi connectivity index (χ3v) is 4.48. The maximum atomic E-state index is 11.5. The molecule has 0 radical (unpaired) electrons. The van der Waals surface area contributed by atoms with Crippen molar-refractivity contribution in [3.05, 3.63) is 29.8 Å². The predicted molar refractivity (Wildman–Crippen MR) is 79.6 cm³/mol. The summed E-state index contributed by atoms with van der Waals surface area (Å²) in [5.41, 5.74) is 7.88. The molecule has 3 heteroatoms. The van der Waals surface area contributed by atoms with Crippen LogP contribution in [-0.4, -0.2) is 24.4 Å². The molecule has 0 aromatic heterocycles. The fourth-order valence-corrected chi connectivity index (χ4v) is 3.12. The van der Waals surface area contributed by atoms with Gasteiger partial charge >= 0.3 is 0 Å². The quantitative estimate of drug-likeness (QED) is 0.850. The predicted octanol–water partition coefficient (Wildman–Crippen LogP) is 2.84. The van der Waals surface area contributed by atoms with Gasteiger partial charge in [0.1, 0.15) is 0 Å². The van der Waals surface area contributed by atoms with Crippen molar-refractivity contribution in [3.63, 3.8) is 0 Å². The van der Waals surface area contributed by atoms with E-state index in [-0.39, 0.29) is 11.3 Å². The largest absolute Gasteiger partial charge is 0.366 e. The van der Waals surface area contributed by atoms with Crippen molar-refractivity contribution in [2.24, 2.45) is 11.7 Å². The normalized spacial score (nSPS) is 22.3. The molecular formula is C16H24N2O. The van der Waals surface area contributed by atoms with Crippen molar-refractivity contribution in [1.82, 2.24) is 0 Å². The van der Waals surface area contributed by atoms with E-state index in [4.69, 9.17) is 5.73 Å². The number of carbonyl (C=O) groups is 1. The molecule has 1 heterocycles. The van der Waals surface area contributed by atoms with Crippen LogP contribution >= 0.6 is 0 Å². The number of nitrogens with zero attached hydrogens (tertiary/aromatic N) is 1. The Hall–Kier alpha value is -1.35. The van der Waals surface area contributed by atoms with Crippen molar-refractivity contribution >= 4 is 11.5 Å². The summed E-state index contributed by atoms with van der Waals surface area (Å²) in [6.07, 6.45) is 2.35. The SMILES string of the molecule is CC(=O)c1cccc(N2CCCC(CN)C2(C)C)c1. The molecule has 104 valence electrons. The molecule has 3 nitrogen and oxygen atoms in total. The monoisotopic (exact) mass is 260 g/mol. The lowest BCUT2D eigenvalue weighted by Gasteiger charge is -2.49. The minimum Gasteiger partial charge on any atom is -0.366 e. The zero-order valence-electron chi connectivity index (χ0n) is 12.1. The molecule has 0 aliphatic carbocycles. The van der Waals surface area contributed by atoms with E-state index in [1.165, 1.54) is 6.42 Å². The average molecular weight is 260 g/mol. The van der Waals surface area contributed by atoms with Crippen LogP contribution in [0.4, 0.5) is 5.69 Å². The Labute approximate surface area is 115 Å². The molecule has 1 atom stereocenters. The zero-order chi connectivity index (χ0) is 14.0. The number of carbonyl (C=O) groups excluding carboxylic acids is 1. The van der Waals surface area contributed by atoms with Gasteiger partial charge < -0.3 is 10.6 Å². The Morgan fingerprint density at radius 2 is 2.21 bits per heavy atom. The summed E-state index contributed by atoms with van der Waals surface area (Å²) in [6.45, 7) is 7.87. The number of hydrogen-bond acceptors (Lipinski definition) is 3. The first-order valence-corrected chi connectivity index (χ1v) is 7.05. The van der Waals surface area contributed by atoms with E-state index in [1.807, 2.05) is 18.2 Å². The molecule has 1 aliphatic rings. The second kappa shape index (κ2) is 5.33. The lowest BCUT2D eigenvalue weighted by molar-refractivity contribution is 0.101. The Kier molecular flexibility index (Phi) is 3.95. The molecule has 1 aliphatic heterocycles. The maximum Gasteiger partial charge on any atom is 0.159 e. The van der Waals surface area contributed by atoms with Crippen LogP contribution in [-0.2, 0) is 0 Å². The van der Waals surface area contributed by atoms with Crippen LogP contribution in [0.15, 0.2) is 24.3 Å². The second-order valence-corrected chi connectivity index (χ2v) is 5.99. The number of ketones is 1. The lowest BCUT2D eigenvalue weighted by Crippen LogP contribution is -2.55. The lowest BCUT2D eigenvalue weighted by atomic mass is 9.78. The molecule has 1 fully saturated rings. The Morgan fingerprint density at radius 3 is 2.84 bits per heavy atom. The molecular weight excluding hydrogens is 236 g/mol. The summed E-state index contributed by atoms with van der Waals surface area (Å²) >= 11 is 0. The van der Waals surface area contributed by atoms with E-state index in [0.717, 1.165) is 30.8 Å². The summed E-state index contributed by atoms with van der Waals surface area (Å²) in [7, 11) is 0. The van der Waals surface area contributed by atoms with E-state index in [0.29, 0.717) is 5.92 Å². The van der Waals surface area contributed by atoms with Gasteiger partial charge in [0.25, 0.3) is 0 Å². The number of benzene rings is 1. The first-order chi connectivity index (χ1) is 8.96. The molecule has 1 unspecified atom stereocenters. The van der Waals surface area contributed by atoms with Crippen LogP contribution in [0.5, 0.6) is 0 Å².